The van der Waals surface area contributed by atoms with Crippen molar-refractivity contribution in [2.75, 3.05) is 13.7 Å². The van der Waals surface area contributed by atoms with Crippen LogP contribution >= 0.6 is 0 Å². The third kappa shape index (κ3) is 4.82. The van der Waals surface area contributed by atoms with Crippen LogP contribution < -0.4 is 5.32 Å². The van der Waals surface area contributed by atoms with Crippen molar-refractivity contribution in [3.63, 3.8) is 0 Å². The number of imidazole rings is 1. The molecule has 1 heterocycles. The van der Waals surface area contributed by atoms with E-state index in [0.29, 0.717) is 18.7 Å². The molecule has 0 saturated carbocycles. The summed E-state index contributed by atoms with van der Waals surface area (Å²) in [6, 6.07) is -0.278. The van der Waals surface area contributed by atoms with E-state index in [9.17, 15) is 9.59 Å². The summed E-state index contributed by atoms with van der Waals surface area (Å²) in [4.78, 5) is 27.1. The number of rotatable bonds is 7. The molecule has 0 saturated heterocycles. The first kappa shape index (κ1) is 15.4. The molecular formula is C13H21N3O3. The maximum atomic E-state index is 11.6. The average Bonchev–Trinajstić information content (AvgIpc) is 2.84. The number of nitrogens with one attached hydrogen (secondary N) is 1. The van der Waals surface area contributed by atoms with Crippen LogP contribution in [0.4, 0.5) is 4.79 Å². The lowest BCUT2D eigenvalue weighted by atomic mass is 10.1. The van der Waals surface area contributed by atoms with Gasteiger partial charge in [-0.2, -0.15) is 0 Å². The van der Waals surface area contributed by atoms with Crippen LogP contribution in [0.25, 0.3) is 0 Å². The quantitative estimate of drug-likeness (QED) is 0.756. The Morgan fingerprint density at radius 1 is 1.53 bits per heavy atom. The summed E-state index contributed by atoms with van der Waals surface area (Å²) in [5.74, 6) is 0.0440. The van der Waals surface area contributed by atoms with Gasteiger partial charge in [0.05, 0.1) is 18.3 Å². The third-order valence-corrected chi connectivity index (χ3v) is 2.82. The predicted octanol–water partition coefficient (Wildman–Crippen LogP) is 1.39. The second-order valence-electron chi connectivity index (χ2n) is 4.40. The molecule has 0 spiro atoms. The van der Waals surface area contributed by atoms with Crippen molar-refractivity contribution in [1.29, 1.82) is 0 Å². The van der Waals surface area contributed by atoms with Crippen molar-refractivity contribution in [1.82, 2.24) is 14.9 Å². The Morgan fingerprint density at radius 3 is 2.84 bits per heavy atom. The van der Waals surface area contributed by atoms with Gasteiger partial charge in [0.15, 0.2) is 0 Å². The van der Waals surface area contributed by atoms with Crippen LogP contribution in [-0.4, -0.2) is 41.1 Å². The molecule has 0 amide bonds. The zero-order valence-electron chi connectivity index (χ0n) is 11.7. The van der Waals surface area contributed by atoms with Gasteiger partial charge >= 0.3 is 6.09 Å². The number of likely N-dealkylation sites (N-methyl/N-ethyl adjacent to an activating group) is 1. The van der Waals surface area contributed by atoms with Crippen LogP contribution in [0.5, 0.6) is 0 Å². The van der Waals surface area contributed by atoms with E-state index >= 15 is 0 Å². The van der Waals surface area contributed by atoms with E-state index in [0.717, 1.165) is 12.8 Å². The number of hydrogen-bond acceptors (Lipinski definition) is 5. The Balaban J connectivity index is 2.56. The normalized spacial score (nSPS) is 12.2. The minimum Gasteiger partial charge on any atom is -0.449 e. The summed E-state index contributed by atoms with van der Waals surface area (Å²) in [5, 5.41) is 2.92. The van der Waals surface area contributed by atoms with Crippen LogP contribution in [0.3, 0.4) is 0 Å². The average molecular weight is 267 g/mol. The first-order valence-corrected chi connectivity index (χ1v) is 6.46. The molecule has 0 aliphatic carbocycles. The van der Waals surface area contributed by atoms with Crippen molar-refractivity contribution in [2.45, 2.75) is 39.2 Å². The van der Waals surface area contributed by atoms with Crippen LogP contribution in [0.2, 0.25) is 0 Å². The number of ether oxygens (including phenoxy) is 1. The molecule has 1 aromatic rings. The number of carbonyl (C=O) groups excluding carboxylic acids is 2. The van der Waals surface area contributed by atoms with Gasteiger partial charge in [-0.3, -0.25) is 4.79 Å². The van der Waals surface area contributed by atoms with Gasteiger partial charge in [0.2, 0.25) is 0 Å². The molecule has 0 bridgehead atoms. The summed E-state index contributed by atoms with van der Waals surface area (Å²) in [6.45, 7) is 3.97. The molecule has 0 aliphatic heterocycles. The molecule has 6 heteroatoms. The van der Waals surface area contributed by atoms with E-state index in [-0.39, 0.29) is 11.8 Å². The zero-order chi connectivity index (χ0) is 14.3. The largest absolute Gasteiger partial charge is 0.449 e. The maximum absolute atomic E-state index is 11.6. The van der Waals surface area contributed by atoms with Gasteiger partial charge in [0.1, 0.15) is 12.1 Å². The number of Topliss-reactive ketones (excluding diaryl/α,β-unsaturated/α-hetero) is 1. The fourth-order valence-electron chi connectivity index (χ4n) is 1.61. The molecule has 1 unspecified atom stereocenters. The number of ketones is 1. The fourth-order valence-corrected chi connectivity index (χ4v) is 1.61. The van der Waals surface area contributed by atoms with Gasteiger partial charge in [-0.25, -0.2) is 14.3 Å². The summed E-state index contributed by atoms with van der Waals surface area (Å²) in [7, 11) is 1.72. The Kier molecular flexibility index (Phi) is 6.21. The zero-order valence-corrected chi connectivity index (χ0v) is 11.7. The number of aromatic nitrogens is 2. The molecule has 1 rings (SSSR count). The van der Waals surface area contributed by atoms with Crippen molar-refractivity contribution < 1.29 is 14.3 Å². The van der Waals surface area contributed by atoms with Crippen LogP contribution in [0, 0.1) is 0 Å². The van der Waals surface area contributed by atoms with Gasteiger partial charge < -0.3 is 10.1 Å². The third-order valence-electron chi connectivity index (χ3n) is 2.82. The standard InChI is InChI=1S/C13H21N3O3/c1-4-5-6-19-13(18)16-8-11(15-9-16)7-12(14-3)10(2)17/h8-9,12,14H,4-7H2,1-3H3. The van der Waals surface area contributed by atoms with E-state index in [1.807, 2.05) is 6.92 Å². The Bertz CT molecular complexity index is 429. The topological polar surface area (TPSA) is 73.2 Å². The maximum Gasteiger partial charge on any atom is 0.419 e. The highest BCUT2D eigenvalue weighted by Crippen LogP contribution is 2.03. The summed E-state index contributed by atoms with van der Waals surface area (Å²) in [6.07, 6.45) is 4.86. The van der Waals surface area contributed by atoms with E-state index in [2.05, 4.69) is 10.3 Å². The lowest BCUT2D eigenvalue weighted by Crippen LogP contribution is -2.34. The minimum atomic E-state index is -0.434. The highest BCUT2D eigenvalue weighted by atomic mass is 16.5. The lowest BCUT2D eigenvalue weighted by Gasteiger charge is -2.10. The summed E-state index contributed by atoms with van der Waals surface area (Å²) < 4.78 is 6.37. The van der Waals surface area contributed by atoms with Crippen LogP contribution in [0.1, 0.15) is 32.4 Å². The van der Waals surface area contributed by atoms with Gasteiger partial charge in [0, 0.05) is 12.6 Å². The Labute approximate surface area is 113 Å². The molecule has 1 atom stereocenters. The lowest BCUT2D eigenvalue weighted by molar-refractivity contribution is -0.118. The SMILES string of the molecule is CCCCOC(=O)n1cnc(CC(NC)C(C)=O)c1. The highest BCUT2D eigenvalue weighted by molar-refractivity contribution is 5.81. The molecule has 0 aliphatic rings. The fraction of sp³-hybridized carbons (Fsp3) is 0.615. The minimum absolute atomic E-state index is 0.0440. The Hall–Kier alpha value is -1.69. The molecular weight excluding hydrogens is 246 g/mol. The molecule has 6 nitrogen and oxygen atoms in total. The molecule has 106 valence electrons. The van der Waals surface area contributed by atoms with E-state index in [4.69, 9.17) is 4.74 Å². The van der Waals surface area contributed by atoms with Gasteiger partial charge in [-0.1, -0.05) is 13.3 Å². The van der Waals surface area contributed by atoms with Crippen molar-refractivity contribution >= 4 is 11.9 Å². The van der Waals surface area contributed by atoms with Crippen molar-refractivity contribution in [3.05, 3.63) is 18.2 Å². The van der Waals surface area contributed by atoms with Gasteiger partial charge in [0.25, 0.3) is 0 Å². The second-order valence-corrected chi connectivity index (χ2v) is 4.40. The van der Waals surface area contributed by atoms with E-state index in [1.165, 1.54) is 17.8 Å². The van der Waals surface area contributed by atoms with Crippen LogP contribution in [0.15, 0.2) is 12.5 Å². The summed E-state index contributed by atoms with van der Waals surface area (Å²) >= 11 is 0. The number of nitrogens with zero attached hydrogens (tertiary/aromatic N) is 2. The van der Waals surface area contributed by atoms with Crippen molar-refractivity contribution in [3.8, 4) is 0 Å². The molecule has 0 fully saturated rings. The Morgan fingerprint density at radius 2 is 2.26 bits per heavy atom. The highest BCUT2D eigenvalue weighted by Gasteiger charge is 2.15. The molecule has 0 aromatic carbocycles. The smallest absolute Gasteiger partial charge is 0.419 e. The number of hydrogen-bond donors (Lipinski definition) is 1. The first-order chi connectivity index (χ1) is 9.08. The van der Waals surface area contributed by atoms with Crippen LogP contribution in [-0.2, 0) is 16.0 Å². The molecule has 19 heavy (non-hydrogen) atoms. The summed E-state index contributed by atoms with van der Waals surface area (Å²) in [5.41, 5.74) is 0.682. The monoisotopic (exact) mass is 267 g/mol. The molecule has 0 radical (unpaired) electrons. The second kappa shape index (κ2) is 7.68. The van der Waals surface area contributed by atoms with E-state index < -0.39 is 6.09 Å². The van der Waals surface area contributed by atoms with Gasteiger partial charge in [-0.15, -0.1) is 0 Å². The first-order valence-electron chi connectivity index (χ1n) is 6.46. The van der Waals surface area contributed by atoms with E-state index in [1.54, 1.807) is 13.2 Å². The number of carbonyl (C=O) groups is 2. The number of unbranched alkanes of at least 4 members (excludes halogenated alkanes) is 1. The van der Waals surface area contributed by atoms with Crippen molar-refractivity contribution in [2.24, 2.45) is 0 Å². The molecule has 1 N–H and O–H groups in total. The predicted molar refractivity (Wildman–Crippen MR) is 71.1 cm³/mol. The van der Waals surface area contributed by atoms with Gasteiger partial charge in [-0.05, 0) is 20.4 Å². The molecule has 1 aromatic heterocycles.